The van der Waals surface area contributed by atoms with Gasteiger partial charge in [-0.3, -0.25) is 19.2 Å². The van der Waals surface area contributed by atoms with Crippen LogP contribution in [0.15, 0.2) is 30.5 Å². The number of carbonyl (C=O) groups is 2. The molecule has 0 aliphatic carbocycles. The molecular formula is C13H10FN3O2. The molecule has 1 aliphatic heterocycles. The Bertz CT molecular complexity index is 693. The van der Waals surface area contributed by atoms with Crippen molar-refractivity contribution in [1.82, 2.24) is 9.78 Å². The van der Waals surface area contributed by atoms with Crippen LogP contribution in [0.5, 0.6) is 0 Å². The van der Waals surface area contributed by atoms with Crippen molar-refractivity contribution in [2.75, 3.05) is 4.90 Å². The number of halogens is 1. The quantitative estimate of drug-likeness (QED) is 0.764. The van der Waals surface area contributed by atoms with Gasteiger partial charge in [0, 0.05) is 13.2 Å². The monoisotopic (exact) mass is 259 g/mol. The first-order chi connectivity index (χ1) is 9.06. The fourth-order valence-electron chi connectivity index (χ4n) is 2.13. The molecule has 96 valence electrons. The highest BCUT2D eigenvalue weighted by Gasteiger charge is 2.36. The number of fused-ring (bicyclic) bond motifs is 1. The van der Waals surface area contributed by atoms with Gasteiger partial charge in [0.15, 0.2) is 0 Å². The maximum atomic E-state index is 13.3. The van der Waals surface area contributed by atoms with Gasteiger partial charge in [-0.25, -0.2) is 4.39 Å². The molecule has 1 aromatic heterocycles. The first-order valence-electron chi connectivity index (χ1n) is 5.70. The second-order valence-electron chi connectivity index (χ2n) is 4.36. The highest BCUT2D eigenvalue weighted by Crippen LogP contribution is 2.30. The Hall–Kier alpha value is -2.50. The van der Waals surface area contributed by atoms with E-state index >= 15 is 0 Å². The summed E-state index contributed by atoms with van der Waals surface area (Å²) in [6, 6.07) is 5.45. The minimum Gasteiger partial charge on any atom is -0.299 e. The second kappa shape index (κ2) is 4.01. The first kappa shape index (κ1) is 11.6. The predicted molar refractivity (Wildman–Crippen MR) is 65.1 cm³/mol. The number of nitrogens with zero attached hydrogens (tertiary/aromatic N) is 3. The molecule has 19 heavy (non-hydrogen) atoms. The fourth-order valence-corrected chi connectivity index (χ4v) is 2.13. The summed E-state index contributed by atoms with van der Waals surface area (Å²) in [5.74, 6) is -1.73. The van der Waals surface area contributed by atoms with E-state index in [1.165, 1.54) is 23.1 Å². The van der Waals surface area contributed by atoms with Crippen LogP contribution in [-0.4, -0.2) is 21.5 Å². The maximum absolute atomic E-state index is 13.3. The van der Waals surface area contributed by atoms with Gasteiger partial charge in [-0.1, -0.05) is 0 Å². The van der Waals surface area contributed by atoms with Gasteiger partial charge in [0.1, 0.15) is 5.82 Å². The molecule has 5 nitrogen and oxygen atoms in total. The van der Waals surface area contributed by atoms with Crippen LogP contribution in [0.2, 0.25) is 0 Å². The zero-order valence-electron chi connectivity index (χ0n) is 10.1. The molecule has 0 unspecified atom stereocenters. The summed E-state index contributed by atoms with van der Waals surface area (Å²) in [4.78, 5) is 24.9. The van der Waals surface area contributed by atoms with Gasteiger partial charge in [-0.05, 0) is 24.3 Å². The SMILES string of the molecule is Cn1ccc(CN2C(=O)C(=O)c3ccc(F)cc32)n1. The van der Waals surface area contributed by atoms with Crippen LogP contribution < -0.4 is 4.90 Å². The van der Waals surface area contributed by atoms with Gasteiger partial charge in [-0.2, -0.15) is 5.10 Å². The largest absolute Gasteiger partial charge is 0.299 e. The topological polar surface area (TPSA) is 55.2 Å². The molecule has 1 amide bonds. The van der Waals surface area contributed by atoms with Gasteiger partial charge in [0.05, 0.1) is 23.5 Å². The molecule has 0 N–H and O–H groups in total. The van der Waals surface area contributed by atoms with Crippen molar-refractivity contribution in [2.45, 2.75) is 6.54 Å². The Morgan fingerprint density at radius 2 is 2.05 bits per heavy atom. The highest BCUT2D eigenvalue weighted by atomic mass is 19.1. The van der Waals surface area contributed by atoms with Crippen LogP contribution in [0.25, 0.3) is 0 Å². The zero-order chi connectivity index (χ0) is 13.6. The van der Waals surface area contributed by atoms with Crippen molar-refractivity contribution in [1.29, 1.82) is 0 Å². The molecule has 1 aromatic carbocycles. The molecule has 0 saturated heterocycles. The molecule has 2 aromatic rings. The summed E-state index contributed by atoms with van der Waals surface area (Å²) in [7, 11) is 1.76. The molecule has 0 bridgehead atoms. The van der Waals surface area contributed by atoms with Crippen molar-refractivity contribution < 1.29 is 14.0 Å². The van der Waals surface area contributed by atoms with E-state index in [4.69, 9.17) is 0 Å². The number of carbonyl (C=O) groups excluding carboxylic acids is 2. The third kappa shape index (κ3) is 1.81. The smallest absolute Gasteiger partial charge is 0.299 e. The molecule has 2 heterocycles. The van der Waals surface area contributed by atoms with Crippen LogP contribution in [0.3, 0.4) is 0 Å². The van der Waals surface area contributed by atoms with Crippen molar-refractivity contribution >= 4 is 17.4 Å². The minimum absolute atomic E-state index is 0.155. The van der Waals surface area contributed by atoms with Crippen molar-refractivity contribution in [3.8, 4) is 0 Å². The number of hydrogen-bond acceptors (Lipinski definition) is 3. The third-order valence-electron chi connectivity index (χ3n) is 3.02. The van der Waals surface area contributed by atoms with Gasteiger partial charge in [0.2, 0.25) is 0 Å². The van der Waals surface area contributed by atoms with Crippen molar-refractivity contribution in [2.24, 2.45) is 7.05 Å². The van der Waals surface area contributed by atoms with E-state index in [-0.39, 0.29) is 12.1 Å². The molecule has 0 saturated carbocycles. The van der Waals surface area contributed by atoms with E-state index in [0.29, 0.717) is 11.4 Å². The minimum atomic E-state index is -0.647. The van der Waals surface area contributed by atoms with Crippen molar-refractivity contribution in [3.05, 3.63) is 47.5 Å². The lowest BCUT2D eigenvalue weighted by Gasteiger charge is -2.14. The summed E-state index contributed by atoms with van der Waals surface area (Å²) < 4.78 is 14.9. The van der Waals surface area contributed by atoms with Gasteiger partial charge in [-0.15, -0.1) is 0 Å². The number of ketones is 1. The number of anilines is 1. The Morgan fingerprint density at radius 3 is 2.74 bits per heavy atom. The van der Waals surface area contributed by atoms with Crippen LogP contribution in [0, 0.1) is 5.82 Å². The molecule has 0 spiro atoms. The summed E-state index contributed by atoms with van der Waals surface area (Å²) in [5.41, 5.74) is 1.18. The lowest BCUT2D eigenvalue weighted by atomic mass is 10.1. The summed E-state index contributed by atoms with van der Waals surface area (Å²) in [6.07, 6.45) is 1.74. The molecular weight excluding hydrogens is 249 g/mol. The predicted octanol–water partition coefficient (Wildman–Crippen LogP) is 1.29. The molecule has 1 aliphatic rings. The number of Topliss-reactive ketones (excluding diaryl/α,β-unsaturated/α-hetero) is 1. The Balaban J connectivity index is 2.01. The lowest BCUT2D eigenvalue weighted by molar-refractivity contribution is -0.114. The number of aryl methyl sites for hydroxylation is 1. The Kier molecular flexibility index (Phi) is 2.45. The molecule has 6 heteroatoms. The summed E-state index contributed by atoms with van der Waals surface area (Å²) in [6.45, 7) is 0.155. The highest BCUT2D eigenvalue weighted by molar-refractivity contribution is 6.52. The maximum Gasteiger partial charge on any atom is 0.299 e. The van der Waals surface area contributed by atoms with E-state index in [9.17, 15) is 14.0 Å². The summed E-state index contributed by atoms with van der Waals surface area (Å²) in [5, 5.41) is 4.15. The fraction of sp³-hybridized carbons (Fsp3) is 0.154. The van der Waals surface area contributed by atoms with Crippen molar-refractivity contribution in [3.63, 3.8) is 0 Å². The van der Waals surface area contributed by atoms with E-state index in [1.54, 1.807) is 24.0 Å². The van der Waals surface area contributed by atoms with Crippen LogP contribution in [0.4, 0.5) is 10.1 Å². The number of benzene rings is 1. The van der Waals surface area contributed by atoms with Gasteiger partial charge in [0.25, 0.3) is 11.7 Å². The van der Waals surface area contributed by atoms with Crippen LogP contribution in [-0.2, 0) is 18.4 Å². The molecule has 3 rings (SSSR count). The zero-order valence-corrected chi connectivity index (χ0v) is 10.1. The lowest BCUT2D eigenvalue weighted by Crippen LogP contribution is -2.29. The van der Waals surface area contributed by atoms with Crippen LogP contribution in [0.1, 0.15) is 16.1 Å². The average Bonchev–Trinajstić information content (AvgIpc) is 2.88. The third-order valence-corrected chi connectivity index (χ3v) is 3.02. The Labute approximate surface area is 108 Å². The number of aromatic nitrogens is 2. The van der Waals surface area contributed by atoms with E-state index in [0.717, 1.165) is 0 Å². The normalized spacial score (nSPS) is 14.1. The van der Waals surface area contributed by atoms with Crippen LogP contribution >= 0.6 is 0 Å². The number of hydrogen-bond donors (Lipinski definition) is 0. The average molecular weight is 259 g/mol. The second-order valence-corrected chi connectivity index (χ2v) is 4.36. The van der Waals surface area contributed by atoms with Gasteiger partial charge >= 0.3 is 0 Å². The van der Waals surface area contributed by atoms with E-state index in [2.05, 4.69) is 5.10 Å². The van der Waals surface area contributed by atoms with Gasteiger partial charge < -0.3 is 0 Å². The molecule has 0 atom stereocenters. The van der Waals surface area contributed by atoms with E-state index < -0.39 is 17.5 Å². The molecule has 0 fully saturated rings. The standard InChI is InChI=1S/C13H10FN3O2/c1-16-5-4-9(15-16)7-17-11-6-8(14)2-3-10(11)12(18)13(17)19/h2-6H,7H2,1H3. The number of amides is 1. The summed E-state index contributed by atoms with van der Waals surface area (Å²) >= 11 is 0. The first-order valence-corrected chi connectivity index (χ1v) is 5.70. The number of rotatable bonds is 2. The Morgan fingerprint density at radius 1 is 1.26 bits per heavy atom. The molecule has 0 radical (unpaired) electrons. The van der Waals surface area contributed by atoms with E-state index in [1.807, 2.05) is 0 Å².